The summed E-state index contributed by atoms with van der Waals surface area (Å²) in [6, 6.07) is 65.1. The van der Waals surface area contributed by atoms with Crippen LogP contribution in [0.25, 0.3) is 65.7 Å². The summed E-state index contributed by atoms with van der Waals surface area (Å²) in [4.78, 5) is 15.0. The molecular formula is C51H35N3. The molecule has 0 aliphatic carbocycles. The molecule has 1 atom stereocenters. The zero-order valence-electron chi connectivity index (χ0n) is 29.6. The molecule has 1 unspecified atom stereocenters. The monoisotopic (exact) mass is 689 g/mol. The van der Waals surface area contributed by atoms with Crippen molar-refractivity contribution < 1.29 is 0 Å². The molecule has 1 aliphatic rings. The fraction of sp³-hybridized carbons (Fsp3) is 0.0392. The fourth-order valence-electron chi connectivity index (χ4n) is 7.96. The number of fused-ring (bicyclic) bond motifs is 6. The average molecular weight is 690 g/mol. The maximum atomic E-state index is 5.36. The molecule has 9 aromatic rings. The van der Waals surface area contributed by atoms with E-state index in [0.717, 1.165) is 44.9 Å². The van der Waals surface area contributed by atoms with Gasteiger partial charge in [-0.15, -0.1) is 0 Å². The van der Waals surface area contributed by atoms with Crippen LogP contribution in [0.2, 0.25) is 0 Å². The summed E-state index contributed by atoms with van der Waals surface area (Å²) in [6.07, 6.45) is 4.42. The third-order valence-corrected chi connectivity index (χ3v) is 10.7. The molecule has 8 aromatic carbocycles. The summed E-state index contributed by atoms with van der Waals surface area (Å²) in [5.41, 5.74) is 11.2. The van der Waals surface area contributed by atoms with Crippen LogP contribution in [0.1, 0.15) is 29.2 Å². The first-order valence-electron chi connectivity index (χ1n) is 18.5. The Balaban J connectivity index is 1.07. The Kier molecular flexibility index (Phi) is 7.96. The minimum atomic E-state index is -0.0835. The van der Waals surface area contributed by atoms with Crippen LogP contribution in [0.4, 0.5) is 0 Å². The predicted molar refractivity (Wildman–Crippen MR) is 226 cm³/mol. The van der Waals surface area contributed by atoms with Gasteiger partial charge in [0.2, 0.25) is 0 Å². The van der Waals surface area contributed by atoms with E-state index in [1.807, 2.05) is 18.5 Å². The number of nitrogens with zero attached hydrogens (tertiary/aromatic N) is 3. The summed E-state index contributed by atoms with van der Waals surface area (Å²) >= 11 is 0. The van der Waals surface area contributed by atoms with Gasteiger partial charge in [-0.2, -0.15) is 0 Å². The zero-order valence-corrected chi connectivity index (χ0v) is 29.6. The van der Waals surface area contributed by atoms with E-state index in [1.54, 1.807) is 0 Å². The lowest BCUT2D eigenvalue weighted by atomic mass is 9.91. The van der Waals surface area contributed by atoms with Crippen LogP contribution in [0, 0.1) is 0 Å². The molecule has 3 heteroatoms. The molecule has 0 amide bonds. The highest BCUT2D eigenvalue weighted by molar-refractivity contribution is 6.25. The number of rotatable bonds is 6. The first-order chi connectivity index (χ1) is 26.7. The van der Waals surface area contributed by atoms with Crippen molar-refractivity contribution in [3.8, 4) is 33.4 Å². The maximum absolute atomic E-state index is 5.36. The normalized spacial score (nSPS) is 14.3. The standard InChI is InChI=1S/C51H35N3/c1-2-11-34(12-3-1)37-13-8-15-40(29-37)50-32-49(36-24-22-35(23-25-36)42-17-10-28-52-33-42)53-51(54-50)41-16-9-14-38(30-41)39-26-27-47-45-20-5-4-18-43(45)44-19-6-7-21-46(44)48(47)31-39/h1-31,33,49H,32H2. The Morgan fingerprint density at radius 3 is 1.59 bits per heavy atom. The zero-order chi connectivity index (χ0) is 35.8. The molecule has 1 aromatic heterocycles. The molecule has 10 rings (SSSR count). The molecule has 0 spiro atoms. The van der Waals surface area contributed by atoms with E-state index in [9.17, 15) is 0 Å². The minimum absolute atomic E-state index is 0.0835. The summed E-state index contributed by atoms with van der Waals surface area (Å²) < 4.78 is 0. The molecule has 0 saturated heterocycles. The first kappa shape index (κ1) is 31.7. The van der Waals surface area contributed by atoms with Crippen LogP contribution in [-0.2, 0) is 0 Å². The van der Waals surface area contributed by atoms with Gasteiger partial charge in [-0.05, 0) is 101 Å². The largest absolute Gasteiger partial charge is 0.264 e. The van der Waals surface area contributed by atoms with E-state index in [4.69, 9.17) is 9.98 Å². The number of hydrogen-bond acceptors (Lipinski definition) is 3. The average Bonchev–Trinajstić information content (AvgIpc) is 3.27. The van der Waals surface area contributed by atoms with E-state index in [2.05, 4.69) is 181 Å². The second kappa shape index (κ2) is 13.5. The van der Waals surface area contributed by atoms with E-state index < -0.39 is 0 Å². The number of aliphatic imine (C=N–C) groups is 2. The second-order valence-electron chi connectivity index (χ2n) is 14.0. The smallest absolute Gasteiger partial charge is 0.155 e. The van der Waals surface area contributed by atoms with E-state index in [-0.39, 0.29) is 6.04 Å². The molecule has 1 aliphatic heterocycles. The van der Waals surface area contributed by atoms with Crippen molar-refractivity contribution in [2.45, 2.75) is 12.5 Å². The van der Waals surface area contributed by atoms with Crippen LogP contribution < -0.4 is 0 Å². The molecule has 3 nitrogen and oxygen atoms in total. The lowest BCUT2D eigenvalue weighted by molar-refractivity contribution is 0.754. The lowest BCUT2D eigenvalue weighted by Crippen LogP contribution is -2.17. The number of benzene rings is 8. The Labute approximate surface area is 314 Å². The van der Waals surface area contributed by atoms with Gasteiger partial charge in [-0.25, -0.2) is 4.99 Å². The van der Waals surface area contributed by atoms with Crippen molar-refractivity contribution in [3.05, 3.63) is 211 Å². The van der Waals surface area contributed by atoms with Gasteiger partial charge in [0.05, 0.1) is 11.8 Å². The van der Waals surface area contributed by atoms with E-state index in [0.29, 0.717) is 6.42 Å². The number of aromatic nitrogens is 1. The Morgan fingerprint density at radius 1 is 0.370 bits per heavy atom. The molecule has 2 heterocycles. The third-order valence-electron chi connectivity index (χ3n) is 10.7. The quantitative estimate of drug-likeness (QED) is 0.160. The van der Waals surface area contributed by atoms with Crippen LogP contribution in [0.5, 0.6) is 0 Å². The van der Waals surface area contributed by atoms with Crippen LogP contribution in [0.3, 0.4) is 0 Å². The fourth-order valence-corrected chi connectivity index (χ4v) is 7.96. The van der Waals surface area contributed by atoms with Crippen molar-refractivity contribution in [2.24, 2.45) is 9.98 Å². The minimum Gasteiger partial charge on any atom is -0.264 e. The third kappa shape index (κ3) is 5.86. The van der Waals surface area contributed by atoms with Gasteiger partial charge in [0.1, 0.15) is 0 Å². The molecule has 0 radical (unpaired) electrons. The van der Waals surface area contributed by atoms with E-state index >= 15 is 0 Å². The Hall–Kier alpha value is -6.97. The molecule has 0 bridgehead atoms. The van der Waals surface area contributed by atoms with Gasteiger partial charge in [-0.1, -0.05) is 158 Å². The summed E-state index contributed by atoms with van der Waals surface area (Å²) in [7, 11) is 0. The molecule has 254 valence electrons. The highest BCUT2D eigenvalue weighted by Crippen LogP contribution is 2.38. The van der Waals surface area contributed by atoms with Gasteiger partial charge in [-0.3, -0.25) is 9.98 Å². The second-order valence-corrected chi connectivity index (χ2v) is 14.0. The van der Waals surface area contributed by atoms with Gasteiger partial charge < -0.3 is 0 Å². The maximum Gasteiger partial charge on any atom is 0.155 e. The molecule has 54 heavy (non-hydrogen) atoms. The number of hydrogen-bond donors (Lipinski definition) is 0. The SMILES string of the molecule is c1ccc(-c2cccc(C3=NC(c4cccc(-c5ccc6c7ccccc7c7ccccc7c6c5)c4)=NC(c4ccc(-c5cccnc5)cc4)C3)c2)cc1. The lowest BCUT2D eigenvalue weighted by Gasteiger charge is -2.22. The summed E-state index contributed by atoms with van der Waals surface area (Å²) in [5.74, 6) is 0.752. The van der Waals surface area contributed by atoms with Crippen molar-refractivity contribution in [2.75, 3.05) is 0 Å². The molecular weight excluding hydrogens is 655 g/mol. The van der Waals surface area contributed by atoms with Crippen molar-refractivity contribution >= 4 is 43.9 Å². The number of amidine groups is 1. The highest BCUT2D eigenvalue weighted by Gasteiger charge is 2.23. The first-order valence-corrected chi connectivity index (χ1v) is 18.5. The summed E-state index contributed by atoms with van der Waals surface area (Å²) in [5, 5.41) is 7.64. The molecule has 0 N–H and O–H groups in total. The highest BCUT2D eigenvalue weighted by atomic mass is 15.0. The topological polar surface area (TPSA) is 37.6 Å². The summed E-state index contributed by atoms with van der Waals surface area (Å²) in [6.45, 7) is 0. The molecule has 0 saturated carbocycles. The van der Waals surface area contributed by atoms with Crippen molar-refractivity contribution in [1.29, 1.82) is 0 Å². The van der Waals surface area contributed by atoms with Gasteiger partial charge >= 0.3 is 0 Å². The van der Waals surface area contributed by atoms with E-state index in [1.165, 1.54) is 49.0 Å². The van der Waals surface area contributed by atoms with Crippen molar-refractivity contribution in [3.63, 3.8) is 0 Å². The van der Waals surface area contributed by atoms with Gasteiger partial charge in [0.25, 0.3) is 0 Å². The Morgan fingerprint density at radius 2 is 0.889 bits per heavy atom. The molecule has 0 fully saturated rings. The van der Waals surface area contributed by atoms with Crippen LogP contribution in [-0.4, -0.2) is 16.5 Å². The Bertz CT molecular complexity index is 2860. The van der Waals surface area contributed by atoms with Crippen LogP contribution >= 0.6 is 0 Å². The van der Waals surface area contributed by atoms with Crippen LogP contribution in [0.15, 0.2) is 204 Å². The predicted octanol–water partition coefficient (Wildman–Crippen LogP) is 12.9. The number of pyridine rings is 1. The van der Waals surface area contributed by atoms with Gasteiger partial charge in [0.15, 0.2) is 5.84 Å². The van der Waals surface area contributed by atoms with Gasteiger partial charge in [0, 0.05) is 24.4 Å². The van der Waals surface area contributed by atoms with Crippen molar-refractivity contribution in [1.82, 2.24) is 4.98 Å².